The van der Waals surface area contributed by atoms with Crippen LogP contribution in [0.1, 0.15) is 45.4 Å². The molecule has 3 aliphatic rings. The summed E-state index contributed by atoms with van der Waals surface area (Å²) in [4.78, 5) is 2.49. The third-order valence-corrected chi connectivity index (χ3v) is 5.21. The summed E-state index contributed by atoms with van der Waals surface area (Å²) in [5.41, 5.74) is -0.136. The summed E-state index contributed by atoms with van der Waals surface area (Å²) in [5.74, 6) is 0. The Hall–Kier alpha value is -0.160. The lowest BCUT2D eigenvalue weighted by atomic mass is 9.78. The molecule has 116 valence electrons. The van der Waals surface area contributed by atoms with Crippen LogP contribution >= 0.6 is 0 Å². The Morgan fingerprint density at radius 2 is 2.00 bits per heavy atom. The molecular formula is C16H30N2O2. The highest BCUT2D eigenvalue weighted by molar-refractivity contribution is 4.93. The first-order valence-electron chi connectivity index (χ1n) is 8.33. The van der Waals surface area contributed by atoms with Crippen molar-refractivity contribution in [2.24, 2.45) is 5.41 Å². The molecule has 0 bridgehead atoms. The molecule has 2 aliphatic heterocycles. The summed E-state index contributed by atoms with van der Waals surface area (Å²) in [6, 6.07) is 0.777. The summed E-state index contributed by atoms with van der Waals surface area (Å²) in [7, 11) is 0. The SMILES string of the molecule is CC1(O)CCCN(CC2(CNC3CC3)CCOCC2)C1. The highest BCUT2D eigenvalue weighted by Gasteiger charge is 2.38. The molecule has 1 saturated carbocycles. The zero-order valence-corrected chi connectivity index (χ0v) is 12.9. The van der Waals surface area contributed by atoms with E-state index in [1.54, 1.807) is 0 Å². The van der Waals surface area contributed by atoms with Gasteiger partial charge in [0, 0.05) is 38.9 Å². The van der Waals surface area contributed by atoms with Crippen LogP contribution in [0.25, 0.3) is 0 Å². The van der Waals surface area contributed by atoms with Crippen molar-refractivity contribution in [3.63, 3.8) is 0 Å². The maximum atomic E-state index is 10.3. The van der Waals surface area contributed by atoms with Crippen LogP contribution in [0.4, 0.5) is 0 Å². The second kappa shape index (κ2) is 5.91. The lowest BCUT2D eigenvalue weighted by Gasteiger charge is -2.45. The number of hydrogen-bond acceptors (Lipinski definition) is 4. The molecule has 3 fully saturated rings. The van der Waals surface area contributed by atoms with Crippen molar-refractivity contribution in [2.75, 3.05) is 39.4 Å². The van der Waals surface area contributed by atoms with Gasteiger partial charge in [0.05, 0.1) is 5.60 Å². The average Bonchev–Trinajstić information content (AvgIpc) is 3.20. The van der Waals surface area contributed by atoms with Crippen LogP contribution in [0.5, 0.6) is 0 Å². The number of piperidine rings is 1. The second-order valence-electron chi connectivity index (χ2n) is 7.58. The molecule has 2 saturated heterocycles. The van der Waals surface area contributed by atoms with Crippen LogP contribution in [0.15, 0.2) is 0 Å². The Balaban J connectivity index is 1.59. The van der Waals surface area contributed by atoms with Gasteiger partial charge < -0.3 is 15.2 Å². The minimum absolute atomic E-state index is 0.355. The first-order valence-corrected chi connectivity index (χ1v) is 8.33. The van der Waals surface area contributed by atoms with Gasteiger partial charge in [0.1, 0.15) is 0 Å². The Kier molecular flexibility index (Phi) is 4.37. The molecule has 1 unspecified atom stereocenters. The first kappa shape index (κ1) is 14.8. The van der Waals surface area contributed by atoms with E-state index in [1.165, 1.54) is 12.8 Å². The fourth-order valence-electron chi connectivity index (χ4n) is 3.78. The molecule has 2 N–H and O–H groups in total. The fraction of sp³-hybridized carbons (Fsp3) is 1.00. The van der Waals surface area contributed by atoms with Gasteiger partial charge in [-0.05, 0) is 57.4 Å². The summed E-state index contributed by atoms with van der Waals surface area (Å²) >= 11 is 0. The molecule has 0 aromatic heterocycles. The zero-order chi connectivity index (χ0) is 14.1. The largest absolute Gasteiger partial charge is 0.389 e. The lowest BCUT2D eigenvalue weighted by molar-refractivity contribution is -0.0497. The maximum absolute atomic E-state index is 10.3. The predicted molar refractivity (Wildman–Crippen MR) is 79.8 cm³/mol. The molecule has 0 aromatic carbocycles. The molecule has 0 radical (unpaired) electrons. The highest BCUT2D eigenvalue weighted by Crippen LogP contribution is 2.34. The number of likely N-dealkylation sites (tertiary alicyclic amines) is 1. The van der Waals surface area contributed by atoms with E-state index in [9.17, 15) is 5.11 Å². The van der Waals surface area contributed by atoms with Gasteiger partial charge in [0.25, 0.3) is 0 Å². The molecule has 1 aliphatic carbocycles. The Bertz CT molecular complexity index is 322. The number of hydrogen-bond donors (Lipinski definition) is 2. The van der Waals surface area contributed by atoms with Crippen molar-refractivity contribution in [2.45, 2.75) is 57.1 Å². The van der Waals surface area contributed by atoms with Crippen LogP contribution in [0.2, 0.25) is 0 Å². The Morgan fingerprint density at radius 1 is 1.25 bits per heavy atom. The normalized spacial score (nSPS) is 35.1. The van der Waals surface area contributed by atoms with E-state index in [0.29, 0.717) is 5.41 Å². The minimum Gasteiger partial charge on any atom is -0.389 e. The number of nitrogens with one attached hydrogen (secondary N) is 1. The van der Waals surface area contributed by atoms with E-state index in [-0.39, 0.29) is 0 Å². The average molecular weight is 282 g/mol. The van der Waals surface area contributed by atoms with Gasteiger partial charge in [-0.25, -0.2) is 0 Å². The lowest BCUT2D eigenvalue weighted by Crippen LogP contribution is -2.53. The van der Waals surface area contributed by atoms with Crippen LogP contribution in [-0.2, 0) is 4.74 Å². The number of aliphatic hydroxyl groups is 1. The van der Waals surface area contributed by atoms with Gasteiger partial charge in [-0.2, -0.15) is 0 Å². The van der Waals surface area contributed by atoms with Crippen molar-refractivity contribution in [3.05, 3.63) is 0 Å². The second-order valence-corrected chi connectivity index (χ2v) is 7.58. The van der Waals surface area contributed by atoms with E-state index < -0.39 is 5.60 Å². The van der Waals surface area contributed by atoms with Gasteiger partial charge >= 0.3 is 0 Å². The standard InChI is InChI=1S/C16H30N2O2/c1-15(19)5-2-8-18(12-15)13-16(6-9-20-10-7-16)11-17-14-3-4-14/h14,17,19H,2-13H2,1H3. The first-order chi connectivity index (χ1) is 9.57. The third-order valence-electron chi connectivity index (χ3n) is 5.21. The molecule has 0 spiro atoms. The summed E-state index contributed by atoms with van der Waals surface area (Å²) < 4.78 is 5.58. The molecule has 3 rings (SSSR count). The topological polar surface area (TPSA) is 44.7 Å². The van der Waals surface area contributed by atoms with Crippen molar-refractivity contribution in [3.8, 4) is 0 Å². The van der Waals surface area contributed by atoms with Gasteiger partial charge in [-0.3, -0.25) is 4.90 Å². The minimum atomic E-state index is -0.492. The van der Waals surface area contributed by atoms with Crippen LogP contribution in [-0.4, -0.2) is 61.0 Å². The number of ether oxygens (including phenoxy) is 1. The van der Waals surface area contributed by atoms with Crippen molar-refractivity contribution in [1.29, 1.82) is 0 Å². The molecule has 20 heavy (non-hydrogen) atoms. The van der Waals surface area contributed by atoms with E-state index in [1.807, 2.05) is 6.92 Å². The zero-order valence-electron chi connectivity index (χ0n) is 12.9. The predicted octanol–water partition coefficient (Wildman–Crippen LogP) is 1.38. The summed E-state index contributed by atoms with van der Waals surface area (Å²) in [6.45, 7) is 8.00. The molecule has 4 nitrogen and oxygen atoms in total. The molecule has 1 atom stereocenters. The number of β-amino-alcohol motifs (C(OH)–C–C–N with tert-alkyl or cyclic N) is 1. The maximum Gasteiger partial charge on any atom is 0.0746 e. The van der Waals surface area contributed by atoms with Gasteiger partial charge in [0.15, 0.2) is 0 Å². The number of nitrogens with zero attached hydrogens (tertiary/aromatic N) is 1. The molecule has 0 amide bonds. The van der Waals surface area contributed by atoms with E-state index >= 15 is 0 Å². The van der Waals surface area contributed by atoms with Crippen LogP contribution < -0.4 is 5.32 Å². The number of rotatable bonds is 5. The summed E-state index contributed by atoms with van der Waals surface area (Å²) in [6.07, 6.45) is 7.09. The van der Waals surface area contributed by atoms with Gasteiger partial charge in [-0.15, -0.1) is 0 Å². The Labute approximate surface area is 122 Å². The molecule has 0 aromatic rings. The van der Waals surface area contributed by atoms with Crippen molar-refractivity contribution >= 4 is 0 Å². The van der Waals surface area contributed by atoms with Crippen molar-refractivity contribution in [1.82, 2.24) is 10.2 Å². The van der Waals surface area contributed by atoms with Crippen LogP contribution in [0.3, 0.4) is 0 Å². The van der Waals surface area contributed by atoms with E-state index in [4.69, 9.17) is 4.74 Å². The smallest absolute Gasteiger partial charge is 0.0746 e. The quantitative estimate of drug-likeness (QED) is 0.800. The van der Waals surface area contributed by atoms with Crippen LogP contribution in [0, 0.1) is 5.41 Å². The van der Waals surface area contributed by atoms with Gasteiger partial charge in [0.2, 0.25) is 0 Å². The molecule has 4 heteroatoms. The van der Waals surface area contributed by atoms with E-state index in [0.717, 1.165) is 71.1 Å². The Morgan fingerprint density at radius 3 is 2.65 bits per heavy atom. The molecule has 2 heterocycles. The fourth-order valence-corrected chi connectivity index (χ4v) is 3.78. The molecular weight excluding hydrogens is 252 g/mol. The monoisotopic (exact) mass is 282 g/mol. The summed E-state index contributed by atoms with van der Waals surface area (Å²) in [5, 5.41) is 14.0. The third kappa shape index (κ3) is 3.94. The van der Waals surface area contributed by atoms with Crippen molar-refractivity contribution < 1.29 is 9.84 Å². The van der Waals surface area contributed by atoms with Gasteiger partial charge in [-0.1, -0.05) is 0 Å². The van der Waals surface area contributed by atoms with E-state index in [2.05, 4.69) is 10.2 Å². The highest BCUT2D eigenvalue weighted by atomic mass is 16.5.